The predicted octanol–water partition coefficient (Wildman–Crippen LogP) is 2.41. The van der Waals surface area contributed by atoms with E-state index in [2.05, 4.69) is 4.37 Å². The summed E-state index contributed by atoms with van der Waals surface area (Å²) in [6.07, 6.45) is 0. The summed E-state index contributed by atoms with van der Waals surface area (Å²) >= 11 is 1.33. The van der Waals surface area contributed by atoms with Gasteiger partial charge in [0.25, 0.3) is 5.56 Å². The normalized spacial score (nSPS) is 10.2. The highest BCUT2D eigenvalue weighted by Gasteiger charge is 2.02. The van der Waals surface area contributed by atoms with Crippen molar-refractivity contribution in [3.05, 3.63) is 45.6 Å². The molecule has 66 valence electrons. The molecule has 0 bridgehead atoms. The second kappa shape index (κ2) is 3.18. The number of aryl methyl sites for hydroxylation is 1. The van der Waals surface area contributed by atoms with Crippen molar-refractivity contribution >= 4 is 11.5 Å². The van der Waals surface area contributed by atoms with Gasteiger partial charge in [0.1, 0.15) is 0 Å². The fourth-order valence-electron chi connectivity index (χ4n) is 1.18. The molecule has 0 saturated heterocycles. The minimum atomic E-state index is -0.00569. The van der Waals surface area contributed by atoms with Crippen LogP contribution in [0.25, 0.3) is 11.1 Å². The summed E-state index contributed by atoms with van der Waals surface area (Å²) in [7, 11) is 0. The third kappa shape index (κ3) is 1.55. The minimum absolute atomic E-state index is 0.00569. The van der Waals surface area contributed by atoms with Crippen molar-refractivity contribution in [1.29, 1.82) is 0 Å². The molecule has 0 fully saturated rings. The first kappa shape index (κ1) is 8.26. The molecule has 0 unspecified atom stereocenters. The summed E-state index contributed by atoms with van der Waals surface area (Å²) in [5.74, 6) is 0. The quantitative estimate of drug-likeness (QED) is 0.737. The van der Waals surface area contributed by atoms with Crippen molar-refractivity contribution in [2.45, 2.75) is 6.92 Å². The zero-order valence-corrected chi connectivity index (χ0v) is 8.02. The summed E-state index contributed by atoms with van der Waals surface area (Å²) in [6.45, 7) is 2.03. The molecular weight excluding hydrogens is 182 g/mol. The fourth-order valence-corrected chi connectivity index (χ4v) is 1.82. The average molecular weight is 191 g/mol. The third-order valence-electron chi connectivity index (χ3n) is 1.94. The van der Waals surface area contributed by atoms with Crippen LogP contribution in [0.1, 0.15) is 5.56 Å². The number of hydrogen-bond acceptors (Lipinski definition) is 2. The Hall–Kier alpha value is -1.35. The van der Waals surface area contributed by atoms with E-state index in [1.165, 1.54) is 17.1 Å². The molecular formula is C10H9NOS. The smallest absolute Gasteiger partial charge is 0.265 e. The van der Waals surface area contributed by atoms with E-state index < -0.39 is 0 Å². The molecule has 2 aromatic rings. The first-order valence-electron chi connectivity index (χ1n) is 4.00. The predicted molar refractivity (Wildman–Crippen MR) is 55.1 cm³/mol. The van der Waals surface area contributed by atoms with E-state index in [0.717, 1.165) is 11.1 Å². The second-order valence-corrected chi connectivity index (χ2v) is 3.62. The van der Waals surface area contributed by atoms with E-state index in [1.807, 2.05) is 36.6 Å². The molecule has 0 atom stereocenters. The molecule has 0 amide bonds. The van der Waals surface area contributed by atoms with Gasteiger partial charge in [-0.3, -0.25) is 9.17 Å². The summed E-state index contributed by atoms with van der Waals surface area (Å²) in [5, 5.41) is 1.84. The average Bonchev–Trinajstić information content (AvgIpc) is 2.53. The van der Waals surface area contributed by atoms with Crippen LogP contribution < -0.4 is 5.56 Å². The maximum absolute atomic E-state index is 11.3. The van der Waals surface area contributed by atoms with Crippen LogP contribution in [0.4, 0.5) is 0 Å². The Morgan fingerprint density at radius 1 is 1.23 bits per heavy atom. The van der Waals surface area contributed by atoms with Gasteiger partial charge in [-0.15, -0.1) is 0 Å². The molecule has 0 radical (unpaired) electrons. The Kier molecular flexibility index (Phi) is 2.02. The van der Waals surface area contributed by atoms with Gasteiger partial charge in [-0.05, 0) is 12.5 Å². The number of hydrogen-bond donors (Lipinski definition) is 1. The topological polar surface area (TPSA) is 32.9 Å². The Bertz CT molecular complexity index is 452. The molecule has 1 aromatic heterocycles. The van der Waals surface area contributed by atoms with Gasteiger partial charge in [-0.2, -0.15) is 0 Å². The highest BCUT2D eigenvalue weighted by atomic mass is 32.1. The molecule has 2 rings (SSSR count). The zero-order chi connectivity index (χ0) is 9.26. The highest BCUT2D eigenvalue weighted by molar-refractivity contribution is 7.03. The molecule has 0 aliphatic carbocycles. The minimum Gasteiger partial charge on any atom is -0.277 e. The highest BCUT2D eigenvalue weighted by Crippen LogP contribution is 2.16. The number of benzene rings is 1. The summed E-state index contributed by atoms with van der Waals surface area (Å²) < 4.78 is 2.67. The van der Waals surface area contributed by atoms with Gasteiger partial charge >= 0.3 is 0 Å². The number of rotatable bonds is 1. The second-order valence-electron chi connectivity index (χ2n) is 2.95. The van der Waals surface area contributed by atoms with E-state index in [4.69, 9.17) is 0 Å². The molecule has 13 heavy (non-hydrogen) atoms. The number of H-pyrrole nitrogens is 1. The van der Waals surface area contributed by atoms with Crippen molar-refractivity contribution in [3.8, 4) is 11.1 Å². The van der Waals surface area contributed by atoms with E-state index >= 15 is 0 Å². The maximum atomic E-state index is 11.3. The Morgan fingerprint density at radius 2 is 1.92 bits per heavy atom. The SMILES string of the molecule is Cc1ccc(-c2cs[nH]c2=O)cc1. The third-order valence-corrected chi connectivity index (χ3v) is 2.59. The molecule has 1 heterocycles. The van der Waals surface area contributed by atoms with Crippen LogP contribution in [-0.4, -0.2) is 4.37 Å². The van der Waals surface area contributed by atoms with Gasteiger partial charge in [-0.1, -0.05) is 41.4 Å². The molecule has 0 aliphatic heterocycles. The fraction of sp³-hybridized carbons (Fsp3) is 0.100. The number of nitrogens with one attached hydrogen (secondary N) is 1. The van der Waals surface area contributed by atoms with E-state index in [0.29, 0.717) is 0 Å². The molecule has 3 heteroatoms. The lowest BCUT2D eigenvalue weighted by Crippen LogP contribution is -1.99. The molecule has 0 aliphatic rings. The van der Waals surface area contributed by atoms with Gasteiger partial charge in [0.15, 0.2) is 0 Å². The lowest BCUT2D eigenvalue weighted by atomic mass is 10.1. The standard InChI is InChI=1S/C10H9NOS/c1-7-2-4-8(5-3-7)9-6-13-11-10(9)12/h2-6H,1H3,(H,11,12). The van der Waals surface area contributed by atoms with Crippen LogP contribution in [0.5, 0.6) is 0 Å². The first-order chi connectivity index (χ1) is 6.27. The Morgan fingerprint density at radius 3 is 2.46 bits per heavy atom. The molecule has 1 aromatic carbocycles. The largest absolute Gasteiger partial charge is 0.277 e. The zero-order valence-electron chi connectivity index (χ0n) is 7.20. The summed E-state index contributed by atoms with van der Waals surface area (Å²) in [5.41, 5.74) is 2.93. The van der Waals surface area contributed by atoms with Crippen molar-refractivity contribution < 1.29 is 0 Å². The summed E-state index contributed by atoms with van der Waals surface area (Å²) in [6, 6.07) is 7.94. The van der Waals surface area contributed by atoms with Crippen molar-refractivity contribution in [3.63, 3.8) is 0 Å². The lowest BCUT2D eigenvalue weighted by molar-refractivity contribution is 1.41. The first-order valence-corrected chi connectivity index (χ1v) is 4.88. The van der Waals surface area contributed by atoms with Crippen molar-refractivity contribution in [2.75, 3.05) is 0 Å². The van der Waals surface area contributed by atoms with Crippen molar-refractivity contribution in [1.82, 2.24) is 4.37 Å². The van der Waals surface area contributed by atoms with Crippen LogP contribution in [-0.2, 0) is 0 Å². The van der Waals surface area contributed by atoms with Crippen LogP contribution in [0.15, 0.2) is 34.4 Å². The van der Waals surface area contributed by atoms with E-state index in [1.54, 1.807) is 0 Å². The van der Waals surface area contributed by atoms with Gasteiger partial charge in [0.2, 0.25) is 0 Å². The van der Waals surface area contributed by atoms with Gasteiger partial charge in [0, 0.05) is 5.38 Å². The molecule has 0 spiro atoms. The van der Waals surface area contributed by atoms with Crippen LogP contribution >= 0.6 is 11.5 Å². The monoisotopic (exact) mass is 191 g/mol. The van der Waals surface area contributed by atoms with Crippen LogP contribution in [0.3, 0.4) is 0 Å². The molecule has 0 saturated carbocycles. The molecule has 2 nitrogen and oxygen atoms in total. The Labute approximate surface area is 80.0 Å². The van der Waals surface area contributed by atoms with E-state index in [9.17, 15) is 4.79 Å². The summed E-state index contributed by atoms with van der Waals surface area (Å²) in [4.78, 5) is 11.3. The number of aromatic nitrogens is 1. The van der Waals surface area contributed by atoms with Gasteiger partial charge in [-0.25, -0.2) is 0 Å². The van der Waals surface area contributed by atoms with Crippen LogP contribution in [0.2, 0.25) is 0 Å². The van der Waals surface area contributed by atoms with Gasteiger partial charge < -0.3 is 0 Å². The molecule has 1 N–H and O–H groups in total. The Balaban J connectivity index is 2.54. The maximum Gasteiger partial charge on any atom is 0.265 e. The van der Waals surface area contributed by atoms with E-state index in [-0.39, 0.29) is 5.56 Å². The number of aromatic amines is 1. The van der Waals surface area contributed by atoms with Crippen molar-refractivity contribution in [2.24, 2.45) is 0 Å². The van der Waals surface area contributed by atoms with Gasteiger partial charge in [0.05, 0.1) is 5.56 Å². The lowest BCUT2D eigenvalue weighted by Gasteiger charge is -1.95. The van der Waals surface area contributed by atoms with Crippen LogP contribution in [0, 0.1) is 6.92 Å².